The van der Waals surface area contributed by atoms with Crippen molar-refractivity contribution in [1.82, 2.24) is 5.32 Å². The summed E-state index contributed by atoms with van der Waals surface area (Å²) in [6, 6.07) is 16.6. The Labute approximate surface area is 153 Å². The maximum Gasteiger partial charge on any atom is 0.171 e. The lowest BCUT2D eigenvalue weighted by atomic mass is 10.1. The van der Waals surface area contributed by atoms with Crippen molar-refractivity contribution in [3.8, 4) is 0 Å². The molecule has 4 nitrogen and oxygen atoms in total. The Bertz CT molecular complexity index is 675. The molecule has 0 radical (unpaired) electrons. The van der Waals surface area contributed by atoms with Crippen molar-refractivity contribution in [3.63, 3.8) is 0 Å². The molecular formula is C19H23FN3OS+. The lowest BCUT2D eigenvalue weighted by Crippen LogP contribution is -3.14. The van der Waals surface area contributed by atoms with Gasteiger partial charge in [-0.1, -0.05) is 30.3 Å². The van der Waals surface area contributed by atoms with E-state index in [4.69, 9.17) is 17.0 Å². The van der Waals surface area contributed by atoms with Gasteiger partial charge >= 0.3 is 0 Å². The summed E-state index contributed by atoms with van der Waals surface area (Å²) in [5, 5.41) is 7.07. The molecule has 0 unspecified atom stereocenters. The van der Waals surface area contributed by atoms with E-state index >= 15 is 0 Å². The highest BCUT2D eigenvalue weighted by Gasteiger charge is 2.22. The lowest BCUT2D eigenvalue weighted by Gasteiger charge is -2.29. The van der Waals surface area contributed by atoms with Crippen molar-refractivity contribution < 1.29 is 14.0 Å². The van der Waals surface area contributed by atoms with E-state index in [1.165, 1.54) is 22.6 Å². The summed E-state index contributed by atoms with van der Waals surface area (Å²) >= 11 is 5.46. The highest BCUT2D eigenvalue weighted by molar-refractivity contribution is 7.80. The molecule has 0 aliphatic carbocycles. The van der Waals surface area contributed by atoms with Crippen LogP contribution < -0.4 is 15.5 Å². The predicted molar refractivity (Wildman–Crippen MR) is 101 cm³/mol. The summed E-state index contributed by atoms with van der Waals surface area (Å²) in [7, 11) is 0. The average Bonchev–Trinajstić information content (AvgIpc) is 2.65. The van der Waals surface area contributed by atoms with Crippen molar-refractivity contribution in [3.05, 3.63) is 66.0 Å². The first kappa shape index (κ1) is 17.8. The lowest BCUT2D eigenvalue weighted by molar-refractivity contribution is -0.909. The number of hydrogen-bond donors (Lipinski definition) is 3. The van der Waals surface area contributed by atoms with Gasteiger partial charge in [0, 0.05) is 5.69 Å². The van der Waals surface area contributed by atoms with Crippen molar-refractivity contribution in [2.24, 2.45) is 0 Å². The van der Waals surface area contributed by atoms with Crippen LogP contribution in [0.2, 0.25) is 0 Å². The highest BCUT2D eigenvalue weighted by Crippen LogP contribution is 2.13. The molecule has 1 saturated heterocycles. The van der Waals surface area contributed by atoms with Gasteiger partial charge in [-0.2, -0.15) is 0 Å². The molecule has 1 atom stereocenters. The molecule has 0 amide bonds. The fraction of sp³-hybridized carbons (Fsp3) is 0.316. The molecule has 0 saturated carbocycles. The van der Waals surface area contributed by atoms with Crippen molar-refractivity contribution in [2.45, 2.75) is 6.04 Å². The van der Waals surface area contributed by atoms with Gasteiger partial charge in [-0.05, 0) is 42.0 Å². The standard InChI is InChI=1S/C19H22FN3OS/c20-16-6-8-17(9-7-16)21-19(25)22-18(15-4-2-1-3-5-15)14-23-10-12-24-13-11-23/h1-9,18H,10-14H2,(H2,21,22,25)/p+1/t18-/m1/s1. The van der Waals surface area contributed by atoms with Crippen molar-refractivity contribution in [2.75, 3.05) is 38.2 Å². The summed E-state index contributed by atoms with van der Waals surface area (Å²) in [5.74, 6) is -0.262. The Balaban J connectivity index is 1.65. The minimum atomic E-state index is -0.262. The van der Waals surface area contributed by atoms with Gasteiger partial charge in [-0.15, -0.1) is 0 Å². The van der Waals surface area contributed by atoms with E-state index < -0.39 is 0 Å². The molecule has 1 aliphatic heterocycles. The van der Waals surface area contributed by atoms with Gasteiger partial charge in [0.15, 0.2) is 5.11 Å². The monoisotopic (exact) mass is 360 g/mol. The summed E-state index contributed by atoms with van der Waals surface area (Å²) in [6.07, 6.45) is 0. The molecule has 2 aromatic rings. The molecule has 3 N–H and O–H groups in total. The second kappa shape index (κ2) is 8.89. The number of thiocarbonyl (C=S) groups is 1. The van der Waals surface area contributed by atoms with Gasteiger partial charge in [0.25, 0.3) is 0 Å². The third kappa shape index (κ3) is 5.49. The van der Waals surface area contributed by atoms with Crippen LogP contribution in [0.4, 0.5) is 10.1 Å². The first-order valence-electron chi connectivity index (χ1n) is 8.50. The number of benzene rings is 2. The summed E-state index contributed by atoms with van der Waals surface area (Å²) in [5.41, 5.74) is 1.97. The quantitative estimate of drug-likeness (QED) is 0.711. The smallest absolute Gasteiger partial charge is 0.171 e. The number of ether oxygens (including phenoxy) is 1. The van der Waals surface area contributed by atoms with Crippen LogP contribution in [0.1, 0.15) is 11.6 Å². The second-order valence-corrected chi connectivity index (χ2v) is 6.54. The van der Waals surface area contributed by atoms with E-state index in [2.05, 4.69) is 22.8 Å². The normalized spacial score (nSPS) is 16.2. The Morgan fingerprint density at radius 2 is 1.76 bits per heavy atom. The molecule has 1 aliphatic rings. The first-order valence-corrected chi connectivity index (χ1v) is 8.91. The number of halogens is 1. The number of anilines is 1. The molecule has 1 heterocycles. The van der Waals surface area contributed by atoms with E-state index in [-0.39, 0.29) is 11.9 Å². The number of quaternary nitrogens is 1. The molecule has 0 spiro atoms. The summed E-state index contributed by atoms with van der Waals surface area (Å²) < 4.78 is 18.5. The van der Waals surface area contributed by atoms with Crippen LogP contribution in [-0.2, 0) is 4.74 Å². The molecule has 132 valence electrons. The van der Waals surface area contributed by atoms with Crippen LogP contribution in [0.25, 0.3) is 0 Å². The second-order valence-electron chi connectivity index (χ2n) is 6.14. The fourth-order valence-electron chi connectivity index (χ4n) is 2.95. The van der Waals surface area contributed by atoms with E-state index in [1.807, 2.05) is 18.2 Å². The summed E-state index contributed by atoms with van der Waals surface area (Å²) in [6.45, 7) is 4.54. The molecule has 0 bridgehead atoms. The van der Waals surface area contributed by atoms with Gasteiger partial charge in [0.05, 0.1) is 13.2 Å². The third-order valence-corrected chi connectivity index (χ3v) is 4.52. The number of hydrogen-bond acceptors (Lipinski definition) is 2. The van der Waals surface area contributed by atoms with Gasteiger partial charge in [-0.3, -0.25) is 0 Å². The molecule has 25 heavy (non-hydrogen) atoms. The number of morpholine rings is 1. The minimum absolute atomic E-state index is 0.106. The maximum absolute atomic E-state index is 13.0. The Hall–Kier alpha value is -2.02. The van der Waals surface area contributed by atoms with Crippen LogP contribution in [-0.4, -0.2) is 38.0 Å². The molecule has 0 aromatic heterocycles. The predicted octanol–water partition coefficient (Wildman–Crippen LogP) is 1.77. The van der Waals surface area contributed by atoms with Crippen LogP contribution in [0, 0.1) is 5.82 Å². The number of rotatable bonds is 5. The van der Waals surface area contributed by atoms with Crippen LogP contribution in [0.5, 0.6) is 0 Å². The zero-order chi connectivity index (χ0) is 17.5. The molecular weight excluding hydrogens is 337 g/mol. The summed E-state index contributed by atoms with van der Waals surface area (Å²) in [4.78, 5) is 1.50. The zero-order valence-electron chi connectivity index (χ0n) is 14.0. The third-order valence-electron chi connectivity index (χ3n) is 4.30. The van der Waals surface area contributed by atoms with E-state index in [1.54, 1.807) is 12.1 Å². The average molecular weight is 360 g/mol. The maximum atomic E-state index is 13.0. The topological polar surface area (TPSA) is 37.7 Å². The van der Waals surface area contributed by atoms with Crippen LogP contribution in [0.15, 0.2) is 54.6 Å². The van der Waals surface area contributed by atoms with E-state index in [0.717, 1.165) is 38.5 Å². The number of nitrogens with one attached hydrogen (secondary N) is 3. The largest absolute Gasteiger partial charge is 0.370 e. The van der Waals surface area contributed by atoms with Gasteiger partial charge < -0.3 is 20.3 Å². The van der Waals surface area contributed by atoms with E-state index in [9.17, 15) is 4.39 Å². The van der Waals surface area contributed by atoms with Crippen LogP contribution >= 0.6 is 12.2 Å². The molecule has 2 aromatic carbocycles. The molecule has 3 rings (SSSR count). The van der Waals surface area contributed by atoms with Gasteiger partial charge in [0.2, 0.25) is 0 Å². The van der Waals surface area contributed by atoms with Crippen molar-refractivity contribution in [1.29, 1.82) is 0 Å². The SMILES string of the molecule is Fc1ccc(NC(=S)N[C@H](C[NH+]2CCOCC2)c2ccccc2)cc1. The molecule has 1 fully saturated rings. The van der Waals surface area contributed by atoms with E-state index in [0.29, 0.717) is 5.11 Å². The zero-order valence-corrected chi connectivity index (χ0v) is 14.8. The Kier molecular flexibility index (Phi) is 6.33. The van der Waals surface area contributed by atoms with Crippen molar-refractivity contribution >= 4 is 23.0 Å². The first-order chi connectivity index (χ1) is 12.2. The van der Waals surface area contributed by atoms with Gasteiger partial charge in [-0.25, -0.2) is 4.39 Å². The minimum Gasteiger partial charge on any atom is -0.370 e. The highest BCUT2D eigenvalue weighted by atomic mass is 32.1. The van der Waals surface area contributed by atoms with Gasteiger partial charge in [0.1, 0.15) is 31.5 Å². The molecule has 6 heteroatoms. The fourth-order valence-corrected chi connectivity index (χ4v) is 3.21. The Morgan fingerprint density at radius 3 is 2.44 bits per heavy atom. The van der Waals surface area contributed by atoms with Crippen LogP contribution in [0.3, 0.4) is 0 Å². The Morgan fingerprint density at radius 1 is 1.08 bits per heavy atom.